The van der Waals surface area contributed by atoms with Crippen molar-refractivity contribution in [3.8, 4) is 33.4 Å². The van der Waals surface area contributed by atoms with Crippen LogP contribution < -0.4 is 0 Å². The van der Waals surface area contributed by atoms with Gasteiger partial charge < -0.3 is 0 Å². The molecule has 0 N–H and O–H groups in total. The summed E-state index contributed by atoms with van der Waals surface area (Å²) in [5.41, 5.74) is 13.4. The van der Waals surface area contributed by atoms with Crippen LogP contribution in [0.5, 0.6) is 0 Å². The van der Waals surface area contributed by atoms with Gasteiger partial charge in [-0.2, -0.15) is 0 Å². The van der Waals surface area contributed by atoms with Crippen LogP contribution in [0.15, 0.2) is 201 Å². The molecule has 278 valence electrons. The Bertz CT molecular complexity index is 3070. The van der Waals surface area contributed by atoms with Gasteiger partial charge in [-0.05, 0) is 117 Å². The average Bonchev–Trinajstić information content (AvgIpc) is 3.30. The summed E-state index contributed by atoms with van der Waals surface area (Å²) in [6.07, 6.45) is 12.1. The molecule has 1 aliphatic rings. The molecular formula is C58H46. The van der Waals surface area contributed by atoms with Crippen molar-refractivity contribution in [2.75, 3.05) is 0 Å². The second kappa shape index (κ2) is 15.8. The quantitative estimate of drug-likeness (QED) is 0.143. The van der Waals surface area contributed by atoms with E-state index in [1.165, 1.54) is 82.0 Å². The third kappa shape index (κ3) is 6.38. The van der Waals surface area contributed by atoms with Crippen molar-refractivity contribution in [3.63, 3.8) is 0 Å². The van der Waals surface area contributed by atoms with Crippen LogP contribution in [0.3, 0.4) is 0 Å². The fraction of sp³-hybridized carbons (Fsp3) is 0.0690. The van der Waals surface area contributed by atoms with E-state index in [-0.39, 0.29) is 0 Å². The summed E-state index contributed by atoms with van der Waals surface area (Å²) in [5, 5.41) is 10.2. The summed E-state index contributed by atoms with van der Waals surface area (Å²) >= 11 is 0. The highest BCUT2D eigenvalue weighted by atomic mass is 14.2. The highest BCUT2D eigenvalue weighted by Crippen LogP contribution is 2.46. The highest BCUT2D eigenvalue weighted by molar-refractivity contribution is 6.20. The second-order valence-corrected chi connectivity index (χ2v) is 14.8. The Balaban J connectivity index is 0.00000215. The van der Waals surface area contributed by atoms with E-state index in [0.29, 0.717) is 5.92 Å². The molecule has 0 saturated heterocycles. The van der Waals surface area contributed by atoms with Gasteiger partial charge in [0.25, 0.3) is 0 Å². The number of rotatable bonds is 7. The first-order chi connectivity index (χ1) is 28.7. The van der Waals surface area contributed by atoms with Gasteiger partial charge in [0.1, 0.15) is 0 Å². The molecule has 1 aliphatic carbocycles. The van der Waals surface area contributed by atoms with Gasteiger partial charge >= 0.3 is 0 Å². The van der Waals surface area contributed by atoms with Crippen LogP contribution in [0.2, 0.25) is 0 Å². The van der Waals surface area contributed by atoms with Gasteiger partial charge in [-0.1, -0.05) is 221 Å². The zero-order valence-corrected chi connectivity index (χ0v) is 33.3. The van der Waals surface area contributed by atoms with Gasteiger partial charge in [-0.15, -0.1) is 0 Å². The minimum absolute atomic E-state index is 0.326. The van der Waals surface area contributed by atoms with E-state index in [1.807, 2.05) is 26.0 Å². The minimum atomic E-state index is 0.326. The fourth-order valence-corrected chi connectivity index (χ4v) is 9.11. The van der Waals surface area contributed by atoms with E-state index in [2.05, 4.69) is 201 Å². The van der Waals surface area contributed by atoms with Crippen molar-refractivity contribution >= 4 is 60.8 Å². The molecule has 0 aliphatic heterocycles. The zero-order valence-electron chi connectivity index (χ0n) is 33.3. The molecule has 0 heterocycles. The maximum Gasteiger partial charge on any atom is 0.00622 e. The summed E-state index contributed by atoms with van der Waals surface area (Å²) in [6, 6.07) is 62.4. The van der Waals surface area contributed by atoms with Crippen molar-refractivity contribution in [1.82, 2.24) is 0 Å². The maximum absolute atomic E-state index is 4.13. The van der Waals surface area contributed by atoms with Gasteiger partial charge in [-0.25, -0.2) is 0 Å². The van der Waals surface area contributed by atoms with Crippen LogP contribution in [-0.4, -0.2) is 0 Å². The molecule has 0 aromatic heterocycles. The van der Waals surface area contributed by atoms with Crippen molar-refractivity contribution in [2.45, 2.75) is 26.2 Å². The maximum atomic E-state index is 4.13. The first kappa shape index (κ1) is 36.6. The molecule has 0 heteroatoms. The molecular weight excluding hydrogens is 697 g/mol. The molecule has 0 fully saturated rings. The molecule has 0 spiro atoms. The minimum Gasteiger partial charge on any atom is -0.0984 e. The van der Waals surface area contributed by atoms with Gasteiger partial charge in [-0.3, -0.25) is 0 Å². The summed E-state index contributed by atoms with van der Waals surface area (Å²) < 4.78 is 0. The number of hydrogen-bond acceptors (Lipinski definition) is 0. The van der Waals surface area contributed by atoms with Crippen LogP contribution in [0.25, 0.3) is 94.2 Å². The Labute approximate surface area is 342 Å². The van der Waals surface area contributed by atoms with E-state index in [0.717, 1.165) is 28.7 Å². The summed E-state index contributed by atoms with van der Waals surface area (Å²) in [7, 11) is 0. The number of allylic oxidation sites excluding steroid dienone is 4. The van der Waals surface area contributed by atoms with E-state index in [4.69, 9.17) is 0 Å². The lowest BCUT2D eigenvalue weighted by atomic mass is 9.81. The number of benzene rings is 9. The Morgan fingerprint density at radius 2 is 1.03 bits per heavy atom. The van der Waals surface area contributed by atoms with Gasteiger partial charge in [0.2, 0.25) is 0 Å². The lowest BCUT2D eigenvalue weighted by Gasteiger charge is -2.23. The number of fused-ring (bicyclic) bond motifs is 4. The van der Waals surface area contributed by atoms with Gasteiger partial charge in [0.05, 0.1) is 0 Å². The smallest absolute Gasteiger partial charge is 0.00622 e. The fourth-order valence-electron chi connectivity index (χ4n) is 9.11. The predicted molar refractivity (Wildman–Crippen MR) is 255 cm³/mol. The molecule has 58 heavy (non-hydrogen) atoms. The van der Waals surface area contributed by atoms with Crippen molar-refractivity contribution < 1.29 is 0 Å². The third-order valence-corrected chi connectivity index (χ3v) is 11.8. The Morgan fingerprint density at radius 1 is 0.466 bits per heavy atom. The van der Waals surface area contributed by atoms with Crippen LogP contribution in [0.4, 0.5) is 0 Å². The largest absolute Gasteiger partial charge is 0.0984 e. The zero-order chi connectivity index (χ0) is 39.6. The first-order valence-electron chi connectivity index (χ1n) is 20.5. The Kier molecular flexibility index (Phi) is 10.0. The first-order valence-corrected chi connectivity index (χ1v) is 20.5. The third-order valence-electron chi connectivity index (χ3n) is 11.8. The molecule has 0 amide bonds. The summed E-state index contributed by atoms with van der Waals surface area (Å²) in [6.45, 7) is 12.2. The Morgan fingerprint density at radius 3 is 1.74 bits per heavy atom. The van der Waals surface area contributed by atoms with E-state index < -0.39 is 0 Å². The van der Waals surface area contributed by atoms with E-state index >= 15 is 0 Å². The van der Waals surface area contributed by atoms with E-state index in [9.17, 15) is 0 Å². The second-order valence-electron chi connectivity index (χ2n) is 14.8. The summed E-state index contributed by atoms with van der Waals surface area (Å²) in [4.78, 5) is 0. The summed E-state index contributed by atoms with van der Waals surface area (Å²) in [5.74, 6) is 0.326. The molecule has 10 rings (SSSR count). The van der Waals surface area contributed by atoms with Gasteiger partial charge in [0, 0.05) is 5.92 Å². The normalized spacial score (nSPS) is 13.6. The molecule has 0 nitrogen and oxygen atoms in total. The average molecular weight is 743 g/mol. The van der Waals surface area contributed by atoms with Crippen LogP contribution in [-0.2, 0) is 0 Å². The highest BCUT2D eigenvalue weighted by Gasteiger charge is 2.21. The van der Waals surface area contributed by atoms with Gasteiger partial charge in [0.15, 0.2) is 0 Å². The molecule has 9 aromatic carbocycles. The standard InChI is InChI=1S/C56H40.C2H6/c1-3-37-16-11-23-46(45(37)4-2)40-26-32-43(33-27-40)56-52-22-10-9-21-51(52)55(42-30-28-41(29-31-42)49-24-12-17-38-14-5-7-19-47(38)49)53-35-34-44(36-54(53)56)50-25-13-18-39-15-6-8-20-48(39)50;1-2/h3-28,30-36,41H,1-2,29H2;1-2H3. The molecule has 1 unspecified atom stereocenters. The lowest BCUT2D eigenvalue weighted by Crippen LogP contribution is -2.01. The van der Waals surface area contributed by atoms with Crippen molar-refractivity contribution in [2.24, 2.45) is 0 Å². The Hall–Kier alpha value is -7.02. The topological polar surface area (TPSA) is 0 Å². The van der Waals surface area contributed by atoms with Crippen LogP contribution in [0, 0.1) is 0 Å². The monoisotopic (exact) mass is 742 g/mol. The van der Waals surface area contributed by atoms with Crippen molar-refractivity contribution in [1.29, 1.82) is 0 Å². The molecule has 0 bridgehead atoms. The molecule has 0 saturated carbocycles. The number of hydrogen-bond donors (Lipinski definition) is 0. The lowest BCUT2D eigenvalue weighted by molar-refractivity contribution is 0.865. The van der Waals surface area contributed by atoms with E-state index in [1.54, 1.807) is 0 Å². The molecule has 0 radical (unpaired) electrons. The SMILES string of the molecule is C=Cc1cccc(-c2ccc(-c3c4ccccc4c(C4=CCC(c5cccc6ccccc56)C=C4)c4ccc(-c5cccc6ccccc56)cc34)cc2)c1C=C.CC. The van der Waals surface area contributed by atoms with Crippen LogP contribution in [0.1, 0.15) is 48.4 Å². The molecule has 1 atom stereocenters. The van der Waals surface area contributed by atoms with Crippen LogP contribution >= 0.6 is 0 Å². The molecule has 9 aromatic rings. The predicted octanol–water partition coefficient (Wildman–Crippen LogP) is 16.7. The van der Waals surface area contributed by atoms with Crippen molar-refractivity contribution in [3.05, 3.63) is 223 Å².